The molecule has 3 rings (SSSR count). The summed E-state index contributed by atoms with van der Waals surface area (Å²) < 4.78 is 53.0. The van der Waals surface area contributed by atoms with E-state index in [1.165, 1.54) is 17.2 Å². The number of ether oxygens (including phenoxy) is 1. The molecular formula is C10H16N5O13P3S. The van der Waals surface area contributed by atoms with Gasteiger partial charge in [0.05, 0.1) is 6.61 Å². The van der Waals surface area contributed by atoms with Gasteiger partial charge in [-0.3, -0.25) is 9.09 Å². The molecule has 0 radical (unpaired) electrons. The number of nitrogens with zero attached hydrogens (tertiary/aromatic N) is 4. The molecule has 6 atom stereocenters. The van der Waals surface area contributed by atoms with Gasteiger partial charge in [-0.15, -0.1) is 0 Å². The standard InChI is InChI=1S/C10H16N5O13P3S/c11-8-5-9(13-3-15(8)32)14(2-12-5)10-7(17)6(16)4(26-10)1-25-30(21,22)28-31(23,24)27-29(18,19)20/h2-4,6-7,10,16-17H,1,11H2,(H,21,22)(H,23,24)(H2,18,19,20)/t4-,6-,7-,10-/m1/s1. The van der Waals surface area contributed by atoms with Crippen molar-refractivity contribution in [1.29, 1.82) is 0 Å². The van der Waals surface area contributed by atoms with Crippen molar-refractivity contribution in [2.45, 2.75) is 24.5 Å². The van der Waals surface area contributed by atoms with E-state index in [0.717, 1.165) is 3.97 Å². The number of phosphoric acid groups is 3. The van der Waals surface area contributed by atoms with Gasteiger partial charge in [-0.25, -0.2) is 18.7 Å². The molecule has 180 valence electrons. The number of nitrogen functional groups attached to an aromatic ring is 1. The van der Waals surface area contributed by atoms with Gasteiger partial charge in [0, 0.05) is 0 Å². The van der Waals surface area contributed by atoms with Crippen LogP contribution in [0.1, 0.15) is 6.23 Å². The highest BCUT2D eigenvalue weighted by atomic mass is 32.1. The van der Waals surface area contributed by atoms with E-state index in [-0.39, 0.29) is 17.0 Å². The molecule has 0 aliphatic carbocycles. The van der Waals surface area contributed by atoms with Crippen molar-refractivity contribution in [1.82, 2.24) is 14.5 Å². The molecule has 0 aromatic carbocycles. The number of anilines is 1. The summed E-state index contributed by atoms with van der Waals surface area (Å²) in [5.74, 6) is 0.0704. The van der Waals surface area contributed by atoms with E-state index in [4.69, 9.17) is 38.0 Å². The number of hydrogen-bond acceptors (Lipinski definition) is 13. The molecule has 2 unspecified atom stereocenters. The number of imidazole rings is 1. The summed E-state index contributed by atoms with van der Waals surface area (Å²) in [7, 11) is -16.7. The van der Waals surface area contributed by atoms with Crippen LogP contribution in [-0.2, 0) is 44.4 Å². The van der Waals surface area contributed by atoms with Gasteiger partial charge in [-0.1, -0.05) is 4.98 Å². The van der Waals surface area contributed by atoms with Gasteiger partial charge in [0.2, 0.25) is 17.8 Å². The van der Waals surface area contributed by atoms with Crippen LogP contribution >= 0.6 is 23.5 Å². The lowest BCUT2D eigenvalue weighted by molar-refractivity contribution is -0.478. The average molecular weight is 539 g/mol. The first-order chi connectivity index (χ1) is 14.6. The normalized spacial score (nSPS) is 27.9. The first kappa shape index (κ1) is 25.5. The highest BCUT2D eigenvalue weighted by Crippen LogP contribution is 2.66. The fourth-order valence-electron chi connectivity index (χ4n) is 2.69. The lowest BCUT2D eigenvalue weighted by Crippen LogP contribution is -2.34. The summed E-state index contributed by atoms with van der Waals surface area (Å²) in [6.07, 6.45) is -3.69. The SMILES string of the molecule is Nc1c2ncn([C@@H]3O[C@H](COP(=O)(O)OP(=O)(O)OP(=O)(O)O)[C@@H](O)[C@H]3O)c2nc[n+]1[S-]. The Bertz CT molecular complexity index is 1160. The number of aliphatic hydroxyl groups excluding tert-OH is 2. The summed E-state index contributed by atoms with van der Waals surface area (Å²) in [4.78, 5) is 43.7. The first-order valence-corrected chi connectivity index (χ1v) is 13.0. The van der Waals surface area contributed by atoms with Crippen molar-refractivity contribution in [2.75, 3.05) is 12.3 Å². The first-order valence-electron chi connectivity index (χ1n) is 8.10. The van der Waals surface area contributed by atoms with Crippen LogP contribution < -0.4 is 9.71 Å². The highest BCUT2D eigenvalue weighted by molar-refractivity contribution is 7.66. The summed E-state index contributed by atoms with van der Waals surface area (Å²) in [6, 6.07) is 0. The molecule has 0 bridgehead atoms. The molecule has 0 spiro atoms. The quantitative estimate of drug-likeness (QED) is 0.104. The Morgan fingerprint density at radius 2 is 1.78 bits per heavy atom. The lowest BCUT2D eigenvalue weighted by atomic mass is 10.1. The molecule has 22 heteroatoms. The number of nitrogens with two attached hydrogens (primary N) is 1. The molecule has 3 heterocycles. The minimum atomic E-state index is -5.71. The molecule has 2 aromatic rings. The van der Waals surface area contributed by atoms with Crippen LogP contribution in [0.3, 0.4) is 0 Å². The number of phosphoric ester groups is 1. The van der Waals surface area contributed by atoms with Crippen LogP contribution in [0, 0.1) is 0 Å². The number of fused-ring (bicyclic) bond motifs is 1. The predicted octanol–water partition coefficient (Wildman–Crippen LogP) is -2.43. The molecule has 0 saturated carbocycles. The third-order valence-corrected chi connectivity index (χ3v) is 8.06. The van der Waals surface area contributed by atoms with Crippen LogP contribution in [-0.4, -0.2) is 69.2 Å². The summed E-state index contributed by atoms with van der Waals surface area (Å²) in [6.45, 7) is -0.966. The minimum Gasteiger partial charge on any atom is -0.596 e. The van der Waals surface area contributed by atoms with Gasteiger partial charge in [0.25, 0.3) is 0 Å². The number of aliphatic hydroxyl groups is 2. The molecular weight excluding hydrogens is 523 g/mol. The minimum absolute atomic E-state index is 0.0704. The third kappa shape index (κ3) is 5.67. The van der Waals surface area contributed by atoms with E-state index in [1.807, 2.05) is 0 Å². The fourth-order valence-corrected chi connectivity index (χ4v) is 5.85. The van der Waals surface area contributed by atoms with Crippen LogP contribution in [0.4, 0.5) is 5.82 Å². The van der Waals surface area contributed by atoms with Crippen molar-refractivity contribution < 1.29 is 65.3 Å². The Kier molecular flexibility index (Phi) is 7.09. The van der Waals surface area contributed by atoms with Crippen molar-refractivity contribution >= 4 is 53.3 Å². The number of rotatable bonds is 8. The number of aromatic nitrogens is 4. The fraction of sp³-hybridized carbons (Fsp3) is 0.500. The zero-order valence-electron chi connectivity index (χ0n) is 15.3. The zero-order valence-corrected chi connectivity index (χ0v) is 18.8. The van der Waals surface area contributed by atoms with E-state index in [1.54, 1.807) is 0 Å². The Labute approximate surface area is 183 Å². The smallest absolute Gasteiger partial charge is 0.490 e. The van der Waals surface area contributed by atoms with E-state index >= 15 is 0 Å². The maximum absolute atomic E-state index is 11.8. The van der Waals surface area contributed by atoms with E-state index in [9.17, 15) is 28.8 Å². The van der Waals surface area contributed by atoms with Gasteiger partial charge in [-0.2, -0.15) is 8.62 Å². The topological polar surface area (TPSA) is 270 Å². The summed E-state index contributed by atoms with van der Waals surface area (Å²) in [5.41, 5.74) is 6.10. The Morgan fingerprint density at radius 1 is 1.12 bits per heavy atom. The van der Waals surface area contributed by atoms with Crippen LogP contribution in [0.5, 0.6) is 0 Å². The number of hydrogen-bond donors (Lipinski definition) is 7. The zero-order chi connectivity index (χ0) is 24.1. The highest BCUT2D eigenvalue weighted by Gasteiger charge is 2.47. The second-order valence-electron chi connectivity index (χ2n) is 6.21. The van der Waals surface area contributed by atoms with Crippen LogP contribution in [0.15, 0.2) is 12.7 Å². The van der Waals surface area contributed by atoms with E-state index in [0.29, 0.717) is 0 Å². The molecule has 1 aliphatic heterocycles. The van der Waals surface area contributed by atoms with Crippen LogP contribution in [0.2, 0.25) is 0 Å². The molecule has 0 amide bonds. The predicted molar refractivity (Wildman–Crippen MR) is 101 cm³/mol. The van der Waals surface area contributed by atoms with Gasteiger partial charge >= 0.3 is 23.5 Å². The van der Waals surface area contributed by atoms with Crippen molar-refractivity contribution in [3.8, 4) is 0 Å². The van der Waals surface area contributed by atoms with Crippen molar-refractivity contribution in [2.24, 2.45) is 0 Å². The largest absolute Gasteiger partial charge is 0.596 e. The van der Waals surface area contributed by atoms with Crippen LogP contribution in [0.25, 0.3) is 11.2 Å². The third-order valence-electron chi connectivity index (χ3n) is 3.96. The second kappa shape index (κ2) is 8.90. The maximum atomic E-state index is 11.8. The summed E-state index contributed by atoms with van der Waals surface area (Å²) >= 11 is 4.91. The molecule has 32 heavy (non-hydrogen) atoms. The van der Waals surface area contributed by atoms with E-state index < -0.39 is 54.6 Å². The molecule has 8 N–H and O–H groups in total. The molecule has 1 fully saturated rings. The molecule has 1 saturated heterocycles. The average Bonchev–Trinajstić information content (AvgIpc) is 3.16. The van der Waals surface area contributed by atoms with Gasteiger partial charge in [-0.05, 0) is 0 Å². The van der Waals surface area contributed by atoms with Crippen molar-refractivity contribution in [3.63, 3.8) is 0 Å². The second-order valence-corrected chi connectivity index (χ2v) is 11.0. The van der Waals surface area contributed by atoms with E-state index in [2.05, 4.69) is 23.1 Å². The molecule has 1 aliphatic rings. The lowest BCUT2D eigenvalue weighted by Gasteiger charge is -2.19. The Balaban J connectivity index is 1.71. The van der Waals surface area contributed by atoms with Gasteiger partial charge in [0.1, 0.15) is 24.6 Å². The Hall–Kier alpha value is -1.14. The Morgan fingerprint density at radius 3 is 2.41 bits per heavy atom. The van der Waals surface area contributed by atoms with Crippen molar-refractivity contribution in [3.05, 3.63) is 12.7 Å². The van der Waals surface area contributed by atoms with Gasteiger partial charge < -0.3 is 57.0 Å². The van der Waals surface area contributed by atoms with Gasteiger partial charge in [0.15, 0.2) is 11.7 Å². The molecule has 18 nitrogen and oxygen atoms in total. The maximum Gasteiger partial charge on any atom is 0.490 e. The summed E-state index contributed by atoms with van der Waals surface area (Å²) in [5, 5.41) is 20.5. The molecule has 2 aromatic heterocycles. The monoisotopic (exact) mass is 539 g/mol.